The molecule has 1 unspecified atom stereocenters. The number of H-pyrrole nitrogens is 1. The van der Waals surface area contributed by atoms with Crippen molar-refractivity contribution in [2.24, 2.45) is 5.14 Å². The van der Waals surface area contributed by atoms with Gasteiger partial charge >= 0.3 is 0 Å². The smallest absolute Gasteiger partial charge is 0.206 e. The Labute approximate surface area is 143 Å². The maximum atomic E-state index is 12.5. The zero-order valence-electron chi connectivity index (χ0n) is 13.4. The van der Waals surface area contributed by atoms with Crippen LogP contribution in [-0.4, -0.2) is 40.1 Å². The predicted molar refractivity (Wildman–Crippen MR) is 96.3 cm³/mol. The molecule has 25 heavy (non-hydrogen) atoms. The summed E-state index contributed by atoms with van der Waals surface area (Å²) in [6.45, 7) is 1.99. The second kappa shape index (κ2) is 5.50. The van der Waals surface area contributed by atoms with Crippen LogP contribution >= 0.6 is 0 Å². The molecule has 0 saturated carbocycles. The number of nitrogens with two attached hydrogens (primary N) is 1. The number of nitrogens with zero attached hydrogens (tertiary/aromatic N) is 5. The van der Waals surface area contributed by atoms with Crippen LogP contribution in [0, 0.1) is 6.92 Å². The van der Waals surface area contributed by atoms with Gasteiger partial charge in [-0.1, -0.05) is 18.2 Å². The number of rotatable bonds is 3. The van der Waals surface area contributed by atoms with E-state index < -0.39 is 9.71 Å². The molecule has 0 saturated heterocycles. The molecule has 0 aliphatic rings. The lowest BCUT2D eigenvalue weighted by molar-refractivity contribution is 0.682. The standard InChI is InChI=1S/C16H15N7OS/c1-10-5-4-8-23-12(9-18-16(10)23)11-6-3-7-13(25(2,17)24)14(11)15-19-21-22-20-15/h3-9H,2H2,1H3,(H2,17,24)(H,19,20,21,22). The van der Waals surface area contributed by atoms with Crippen molar-refractivity contribution >= 4 is 21.2 Å². The van der Waals surface area contributed by atoms with E-state index in [0.717, 1.165) is 22.5 Å². The molecule has 126 valence electrons. The number of tetrazole rings is 1. The summed E-state index contributed by atoms with van der Waals surface area (Å²) in [7, 11) is -2.99. The molecule has 0 amide bonds. The van der Waals surface area contributed by atoms with Gasteiger partial charge in [-0.05, 0) is 35.7 Å². The lowest BCUT2D eigenvalue weighted by atomic mass is 10.0. The number of aromatic amines is 1. The van der Waals surface area contributed by atoms with Crippen molar-refractivity contribution in [2.45, 2.75) is 11.8 Å². The number of aryl methyl sites for hydroxylation is 1. The average molecular weight is 353 g/mol. The Morgan fingerprint density at radius 1 is 1.28 bits per heavy atom. The molecule has 0 radical (unpaired) electrons. The van der Waals surface area contributed by atoms with Crippen molar-refractivity contribution in [2.75, 3.05) is 0 Å². The molecule has 0 spiro atoms. The first-order valence-electron chi connectivity index (χ1n) is 7.41. The van der Waals surface area contributed by atoms with Gasteiger partial charge in [-0.25, -0.2) is 9.19 Å². The van der Waals surface area contributed by atoms with Crippen molar-refractivity contribution in [3.05, 3.63) is 48.3 Å². The van der Waals surface area contributed by atoms with Gasteiger partial charge in [0.1, 0.15) is 5.65 Å². The number of imidazole rings is 1. The van der Waals surface area contributed by atoms with Gasteiger partial charge in [-0.15, -0.1) is 10.2 Å². The summed E-state index contributed by atoms with van der Waals surface area (Å²) in [4.78, 5) is 4.86. The van der Waals surface area contributed by atoms with Crippen LogP contribution in [0.15, 0.2) is 47.6 Å². The SMILES string of the molecule is C=S(N)(=O)c1cccc(-c2cnc3c(C)cccn23)c1-c1nn[nH]n1. The minimum absolute atomic E-state index is 0.301. The molecule has 3 N–H and O–H groups in total. The third-order valence-electron chi connectivity index (χ3n) is 3.97. The number of fused-ring (bicyclic) bond motifs is 1. The van der Waals surface area contributed by atoms with Crippen LogP contribution in [0.4, 0.5) is 0 Å². The highest BCUT2D eigenvalue weighted by Crippen LogP contribution is 2.35. The summed E-state index contributed by atoms with van der Waals surface area (Å²) in [6.07, 6.45) is 3.67. The number of nitrogens with one attached hydrogen (secondary N) is 1. The highest BCUT2D eigenvalue weighted by Gasteiger charge is 2.21. The van der Waals surface area contributed by atoms with Gasteiger partial charge in [0.25, 0.3) is 0 Å². The summed E-state index contributed by atoms with van der Waals surface area (Å²) in [5.41, 5.74) is 3.97. The van der Waals surface area contributed by atoms with Gasteiger partial charge in [-0.3, -0.25) is 9.54 Å². The van der Waals surface area contributed by atoms with E-state index in [1.807, 2.05) is 35.7 Å². The van der Waals surface area contributed by atoms with Crippen molar-refractivity contribution in [1.29, 1.82) is 0 Å². The second-order valence-corrected chi connectivity index (χ2v) is 7.56. The van der Waals surface area contributed by atoms with Crippen LogP contribution in [0.5, 0.6) is 0 Å². The zero-order valence-corrected chi connectivity index (χ0v) is 14.2. The van der Waals surface area contributed by atoms with E-state index >= 15 is 0 Å². The maximum absolute atomic E-state index is 12.5. The minimum Gasteiger partial charge on any atom is -0.299 e. The molecule has 0 fully saturated rings. The molecule has 1 atom stereocenters. The number of benzene rings is 1. The lowest BCUT2D eigenvalue weighted by Crippen LogP contribution is -2.14. The minimum atomic E-state index is -2.99. The molecule has 3 aromatic heterocycles. The van der Waals surface area contributed by atoms with Crippen molar-refractivity contribution in [1.82, 2.24) is 30.0 Å². The van der Waals surface area contributed by atoms with Gasteiger partial charge in [0.05, 0.1) is 26.5 Å². The summed E-state index contributed by atoms with van der Waals surface area (Å²) in [6, 6.07) is 9.26. The van der Waals surface area contributed by atoms with Gasteiger partial charge in [0, 0.05) is 17.3 Å². The Morgan fingerprint density at radius 2 is 2.12 bits per heavy atom. The Morgan fingerprint density at radius 3 is 2.84 bits per heavy atom. The Bertz CT molecular complexity index is 1180. The molecular formula is C16H15N7OS. The quantitative estimate of drug-likeness (QED) is 0.541. The van der Waals surface area contributed by atoms with E-state index in [1.54, 1.807) is 18.3 Å². The number of pyridine rings is 1. The molecule has 9 heteroatoms. The molecule has 0 aliphatic carbocycles. The summed E-state index contributed by atoms with van der Waals surface area (Å²) in [5, 5.41) is 19.9. The second-order valence-electron chi connectivity index (χ2n) is 5.67. The van der Waals surface area contributed by atoms with Gasteiger partial charge in [0.15, 0.2) is 0 Å². The normalized spacial score (nSPS) is 13.8. The van der Waals surface area contributed by atoms with Gasteiger partial charge in [0.2, 0.25) is 5.82 Å². The van der Waals surface area contributed by atoms with Crippen LogP contribution in [0.2, 0.25) is 0 Å². The summed E-state index contributed by atoms with van der Waals surface area (Å²) >= 11 is 0. The van der Waals surface area contributed by atoms with Crippen LogP contribution < -0.4 is 5.14 Å². The molecule has 1 aromatic carbocycles. The van der Waals surface area contributed by atoms with E-state index in [-0.39, 0.29) is 0 Å². The highest BCUT2D eigenvalue weighted by molar-refractivity contribution is 7.98. The van der Waals surface area contributed by atoms with Crippen molar-refractivity contribution in [3.8, 4) is 22.6 Å². The van der Waals surface area contributed by atoms with Gasteiger partial charge in [-0.2, -0.15) is 5.21 Å². The van der Waals surface area contributed by atoms with Crippen molar-refractivity contribution in [3.63, 3.8) is 0 Å². The van der Waals surface area contributed by atoms with E-state index in [2.05, 4.69) is 31.5 Å². The Balaban J connectivity index is 2.10. The fourth-order valence-corrected chi connectivity index (χ4v) is 3.74. The van der Waals surface area contributed by atoms with Crippen LogP contribution in [0.25, 0.3) is 28.3 Å². The van der Waals surface area contributed by atoms with Crippen LogP contribution in [0.3, 0.4) is 0 Å². The van der Waals surface area contributed by atoms with Crippen LogP contribution in [0.1, 0.15) is 5.56 Å². The topological polar surface area (TPSA) is 115 Å². The Kier molecular flexibility index (Phi) is 3.41. The lowest BCUT2D eigenvalue weighted by Gasteiger charge is -2.13. The van der Waals surface area contributed by atoms with E-state index in [0.29, 0.717) is 16.3 Å². The fraction of sp³-hybridized carbons (Fsp3) is 0.0625. The number of hydrogen-bond donors (Lipinski definition) is 2. The van der Waals surface area contributed by atoms with E-state index in [4.69, 9.17) is 5.14 Å². The third-order valence-corrected chi connectivity index (χ3v) is 5.06. The molecule has 0 aliphatic heterocycles. The largest absolute Gasteiger partial charge is 0.299 e. The highest BCUT2D eigenvalue weighted by atomic mass is 32.2. The molecule has 3 heterocycles. The Hall–Kier alpha value is -3.04. The number of aromatic nitrogens is 6. The molecular weight excluding hydrogens is 338 g/mol. The molecule has 4 rings (SSSR count). The average Bonchev–Trinajstić information content (AvgIpc) is 3.23. The predicted octanol–water partition coefficient (Wildman–Crippen LogP) is 1.44. The number of hydrogen-bond acceptors (Lipinski definition) is 5. The summed E-state index contributed by atoms with van der Waals surface area (Å²) in [5.74, 6) is 3.91. The van der Waals surface area contributed by atoms with Crippen molar-refractivity contribution < 1.29 is 4.21 Å². The third kappa shape index (κ3) is 2.49. The van der Waals surface area contributed by atoms with E-state index in [1.165, 1.54) is 0 Å². The first-order chi connectivity index (χ1) is 12.0. The molecule has 4 aromatic rings. The fourth-order valence-electron chi connectivity index (χ4n) is 2.88. The zero-order chi connectivity index (χ0) is 17.6. The van der Waals surface area contributed by atoms with Crippen LogP contribution in [-0.2, 0) is 9.71 Å². The van der Waals surface area contributed by atoms with Gasteiger partial charge < -0.3 is 0 Å². The first-order valence-corrected chi connectivity index (χ1v) is 9.21. The monoisotopic (exact) mass is 353 g/mol. The molecule has 0 bridgehead atoms. The first kappa shape index (κ1) is 15.5. The summed E-state index contributed by atoms with van der Waals surface area (Å²) < 4.78 is 14.5. The van der Waals surface area contributed by atoms with E-state index in [9.17, 15) is 4.21 Å². The molecule has 8 nitrogen and oxygen atoms in total. The maximum Gasteiger partial charge on any atom is 0.206 e.